The number of rotatable bonds is 7. The summed E-state index contributed by atoms with van der Waals surface area (Å²) >= 11 is 1.40. The molecule has 0 saturated heterocycles. The van der Waals surface area contributed by atoms with Crippen LogP contribution in [0, 0.1) is 0 Å². The average Bonchev–Trinajstić information content (AvgIpc) is 3.50. The number of benzene rings is 3. The molecule has 8 heteroatoms. The van der Waals surface area contributed by atoms with Gasteiger partial charge in [0, 0.05) is 17.2 Å². The van der Waals surface area contributed by atoms with Gasteiger partial charge in [-0.25, -0.2) is 9.67 Å². The van der Waals surface area contributed by atoms with Crippen molar-refractivity contribution < 1.29 is 9.53 Å². The van der Waals surface area contributed by atoms with Crippen LogP contribution in [0.25, 0.3) is 22.4 Å². The molecule has 5 rings (SSSR count). The van der Waals surface area contributed by atoms with E-state index in [0.29, 0.717) is 5.82 Å². The van der Waals surface area contributed by atoms with Crippen molar-refractivity contribution in [3.05, 3.63) is 90.6 Å². The third-order valence-corrected chi connectivity index (χ3v) is 6.88. The minimum Gasteiger partial charge on any atom is -0.497 e. The molecule has 0 radical (unpaired) electrons. The van der Waals surface area contributed by atoms with E-state index in [1.54, 1.807) is 11.8 Å². The van der Waals surface area contributed by atoms with Gasteiger partial charge in [-0.05, 0) is 48.5 Å². The number of carbonyl (C=O) groups is 1. The Morgan fingerprint density at radius 3 is 2.35 bits per heavy atom. The van der Waals surface area contributed by atoms with Crippen LogP contribution in [0.1, 0.15) is 26.5 Å². The van der Waals surface area contributed by atoms with Gasteiger partial charge in [-0.15, -0.1) is 0 Å². The molecule has 0 saturated carbocycles. The van der Waals surface area contributed by atoms with E-state index in [2.05, 4.69) is 30.7 Å². The summed E-state index contributed by atoms with van der Waals surface area (Å²) in [5.41, 5.74) is 4.44. The maximum absolute atomic E-state index is 13.1. The summed E-state index contributed by atoms with van der Waals surface area (Å²) in [6, 6.07) is 27.5. The summed E-state index contributed by atoms with van der Waals surface area (Å²) in [4.78, 5) is 18.0. The third kappa shape index (κ3) is 5.24. The molecule has 0 atom stereocenters. The Hall–Kier alpha value is -4.04. The lowest BCUT2D eigenvalue weighted by molar-refractivity contribution is -0.113. The highest BCUT2D eigenvalue weighted by Crippen LogP contribution is 2.30. The molecule has 1 amide bonds. The summed E-state index contributed by atoms with van der Waals surface area (Å²) in [7, 11) is 1.65. The molecule has 0 aliphatic heterocycles. The van der Waals surface area contributed by atoms with Crippen LogP contribution in [0.4, 0.5) is 5.82 Å². The first kappa shape index (κ1) is 24.6. The lowest BCUT2D eigenvalue weighted by Crippen LogP contribution is -2.17. The van der Waals surface area contributed by atoms with Crippen molar-refractivity contribution >= 4 is 34.5 Å². The fraction of sp³-hybridized carbons (Fsp3) is 0.207. The molecule has 2 heterocycles. The van der Waals surface area contributed by atoms with E-state index in [4.69, 9.17) is 14.8 Å². The monoisotopic (exact) mass is 511 g/mol. The Balaban J connectivity index is 1.40. The number of aromatic nitrogens is 4. The van der Waals surface area contributed by atoms with Gasteiger partial charge >= 0.3 is 0 Å². The Bertz CT molecular complexity index is 1530. The number of para-hydroxylation sites is 3. The molecule has 0 aliphatic rings. The zero-order valence-electron chi connectivity index (χ0n) is 21.3. The molecule has 5 aromatic rings. The second-order valence-electron chi connectivity index (χ2n) is 9.67. The van der Waals surface area contributed by atoms with E-state index in [-0.39, 0.29) is 17.1 Å². The number of hydrogen-bond donors (Lipinski definition) is 1. The van der Waals surface area contributed by atoms with Crippen LogP contribution in [0.2, 0.25) is 0 Å². The van der Waals surface area contributed by atoms with Gasteiger partial charge in [0.05, 0.1) is 35.3 Å². The fourth-order valence-corrected chi connectivity index (χ4v) is 4.82. The highest BCUT2D eigenvalue weighted by molar-refractivity contribution is 7.99. The number of imidazole rings is 1. The molecule has 37 heavy (non-hydrogen) atoms. The molecule has 0 spiro atoms. The summed E-state index contributed by atoms with van der Waals surface area (Å²) in [5.74, 6) is 1.50. The van der Waals surface area contributed by atoms with Crippen molar-refractivity contribution in [3.63, 3.8) is 0 Å². The van der Waals surface area contributed by atoms with Crippen molar-refractivity contribution in [1.82, 2.24) is 19.3 Å². The number of fused-ring (bicyclic) bond motifs is 1. The largest absolute Gasteiger partial charge is 0.497 e. The first-order chi connectivity index (χ1) is 17.8. The standard InChI is InChI=1S/C29H29N5O2S/c1-29(2,3)25-18-26(34(32-25)21-10-6-5-7-11-21)31-27(35)19-37-28-30-23-12-8-9-13-24(23)33(28)20-14-16-22(36-4)17-15-20/h5-18H,19H2,1-4H3,(H,31,35). The average molecular weight is 512 g/mol. The molecule has 0 unspecified atom stereocenters. The van der Waals surface area contributed by atoms with E-state index in [1.807, 2.05) is 84.9 Å². The van der Waals surface area contributed by atoms with Crippen LogP contribution in [0.15, 0.2) is 90.1 Å². The number of amides is 1. The first-order valence-corrected chi connectivity index (χ1v) is 13.0. The van der Waals surface area contributed by atoms with Gasteiger partial charge in [-0.3, -0.25) is 9.36 Å². The maximum atomic E-state index is 13.1. The molecule has 0 fully saturated rings. The van der Waals surface area contributed by atoms with Crippen molar-refractivity contribution in [1.29, 1.82) is 0 Å². The lowest BCUT2D eigenvalue weighted by atomic mass is 9.92. The van der Waals surface area contributed by atoms with Crippen molar-refractivity contribution in [2.75, 3.05) is 18.2 Å². The number of thioether (sulfide) groups is 1. The van der Waals surface area contributed by atoms with Crippen LogP contribution < -0.4 is 10.1 Å². The summed E-state index contributed by atoms with van der Waals surface area (Å²) in [6.45, 7) is 6.32. The molecule has 3 aromatic carbocycles. The molecular weight excluding hydrogens is 482 g/mol. The molecule has 1 N–H and O–H groups in total. The highest BCUT2D eigenvalue weighted by Gasteiger charge is 2.22. The van der Waals surface area contributed by atoms with E-state index in [0.717, 1.165) is 39.0 Å². The Morgan fingerprint density at radius 1 is 0.946 bits per heavy atom. The summed E-state index contributed by atoms with van der Waals surface area (Å²) < 4.78 is 9.17. The molecule has 188 valence electrons. The van der Waals surface area contributed by atoms with Gasteiger partial charge in [0.2, 0.25) is 5.91 Å². The molecule has 0 aliphatic carbocycles. The molecule has 0 bridgehead atoms. The Kier molecular flexibility index (Phi) is 6.76. The third-order valence-electron chi connectivity index (χ3n) is 5.94. The minimum atomic E-state index is -0.155. The maximum Gasteiger partial charge on any atom is 0.236 e. The molecular formula is C29H29N5O2S. The van der Waals surface area contributed by atoms with Crippen LogP contribution in [-0.2, 0) is 10.2 Å². The van der Waals surface area contributed by atoms with E-state index in [1.165, 1.54) is 11.8 Å². The zero-order valence-corrected chi connectivity index (χ0v) is 22.1. The second-order valence-corrected chi connectivity index (χ2v) is 10.6. The van der Waals surface area contributed by atoms with Crippen molar-refractivity contribution in [2.45, 2.75) is 31.3 Å². The lowest BCUT2D eigenvalue weighted by Gasteiger charge is -2.14. The smallest absolute Gasteiger partial charge is 0.236 e. The van der Waals surface area contributed by atoms with Crippen molar-refractivity contribution in [2.24, 2.45) is 0 Å². The van der Waals surface area contributed by atoms with Gasteiger partial charge in [0.15, 0.2) is 5.16 Å². The minimum absolute atomic E-state index is 0.129. The van der Waals surface area contributed by atoms with Crippen LogP contribution in [-0.4, -0.2) is 38.1 Å². The topological polar surface area (TPSA) is 74.0 Å². The fourth-order valence-electron chi connectivity index (χ4n) is 3.99. The van der Waals surface area contributed by atoms with Gasteiger partial charge < -0.3 is 10.1 Å². The summed E-state index contributed by atoms with van der Waals surface area (Å²) in [5, 5.41) is 8.60. The molecule has 7 nitrogen and oxygen atoms in total. The predicted octanol–water partition coefficient (Wildman–Crippen LogP) is 6.25. The normalized spacial score (nSPS) is 11.6. The number of nitrogens with zero attached hydrogens (tertiary/aromatic N) is 4. The first-order valence-electron chi connectivity index (χ1n) is 12.0. The Morgan fingerprint density at radius 2 is 1.65 bits per heavy atom. The summed E-state index contributed by atoms with van der Waals surface area (Å²) in [6.07, 6.45) is 0. The number of carbonyl (C=O) groups excluding carboxylic acids is 1. The van der Waals surface area contributed by atoms with Crippen LogP contribution in [0.5, 0.6) is 5.75 Å². The van der Waals surface area contributed by atoms with Gasteiger partial charge in [-0.2, -0.15) is 5.10 Å². The second kappa shape index (κ2) is 10.1. The number of nitrogens with one attached hydrogen (secondary N) is 1. The number of hydrogen-bond acceptors (Lipinski definition) is 5. The highest BCUT2D eigenvalue weighted by atomic mass is 32.2. The van der Waals surface area contributed by atoms with Crippen molar-refractivity contribution in [3.8, 4) is 17.1 Å². The zero-order chi connectivity index (χ0) is 26.0. The quantitative estimate of drug-likeness (QED) is 0.262. The van der Waals surface area contributed by atoms with E-state index < -0.39 is 0 Å². The van der Waals surface area contributed by atoms with E-state index >= 15 is 0 Å². The number of ether oxygens (including phenoxy) is 1. The van der Waals surface area contributed by atoms with Gasteiger partial charge in [0.1, 0.15) is 11.6 Å². The van der Waals surface area contributed by atoms with Crippen LogP contribution >= 0.6 is 11.8 Å². The molecule has 2 aromatic heterocycles. The number of methoxy groups -OCH3 is 1. The Labute approximate surface area is 220 Å². The van der Waals surface area contributed by atoms with Gasteiger partial charge in [-0.1, -0.05) is 62.9 Å². The van der Waals surface area contributed by atoms with Gasteiger partial charge in [0.25, 0.3) is 0 Å². The van der Waals surface area contributed by atoms with Crippen LogP contribution in [0.3, 0.4) is 0 Å². The number of anilines is 1. The SMILES string of the molecule is COc1ccc(-n2c(SCC(=O)Nc3cc(C(C)(C)C)nn3-c3ccccc3)nc3ccccc32)cc1. The van der Waals surface area contributed by atoms with E-state index in [9.17, 15) is 4.79 Å². The predicted molar refractivity (Wildman–Crippen MR) is 149 cm³/mol.